The lowest BCUT2D eigenvalue weighted by Crippen LogP contribution is -2.25. The maximum absolute atomic E-state index is 12.9. The number of carbonyl (C=O) groups is 1. The molecule has 7 heteroatoms. The molecule has 27 heavy (non-hydrogen) atoms. The van der Waals surface area contributed by atoms with Crippen LogP contribution in [0.5, 0.6) is 5.75 Å². The Morgan fingerprint density at radius 3 is 2.41 bits per heavy atom. The average Bonchev–Trinajstić information content (AvgIpc) is 2.86. The predicted molar refractivity (Wildman–Crippen MR) is 106 cm³/mol. The summed E-state index contributed by atoms with van der Waals surface area (Å²) < 4.78 is 8.49. The molecule has 3 rings (SSSR count). The number of urea groups is 1. The quantitative estimate of drug-likeness (QED) is 0.742. The minimum absolute atomic E-state index is 0.227. The Kier molecular flexibility index (Phi) is 5.03. The summed E-state index contributed by atoms with van der Waals surface area (Å²) in [6.07, 6.45) is 0. The second-order valence-corrected chi connectivity index (χ2v) is 6.22. The number of benzene rings is 2. The van der Waals surface area contributed by atoms with E-state index < -0.39 is 6.03 Å². The molecular weight excluding hydrogens is 344 g/mol. The van der Waals surface area contributed by atoms with Crippen LogP contribution in [0.4, 0.5) is 16.2 Å². The molecule has 1 aromatic heterocycles. The van der Waals surface area contributed by atoms with Crippen LogP contribution in [0.3, 0.4) is 0 Å². The summed E-state index contributed by atoms with van der Waals surface area (Å²) in [5, 5.41) is 5.41. The van der Waals surface area contributed by atoms with Crippen molar-refractivity contribution in [3.05, 3.63) is 70.1 Å². The summed E-state index contributed by atoms with van der Waals surface area (Å²) in [6.45, 7) is 3.70. The van der Waals surface area contributed by atoms with E-state index >= 15 is 0 Å². The number of hydrogen-bond donors (Lipinski definition) is 2. The van der Waals surface area contributed by atoms with Crippen molar-refractivity contribution in [2.45, 2.75) is 13.8 Å². The number of methoxy groups -OCH3 is 1. The Bertz CT molecular complexity index is 1040. The molecule has 0 saturated heterocycles. The third-order valence-electron chi connectivity index (χ3n) is 4.40. The van der Waals surface area contributed by atoms with Gasteiger partial charge in [0.05, 0.1) is 24.2 Å². The van der Waals surface area contributed by atoms with Crippen LogP contribution in [0.15, 0.2) is 53.3 Å². The van der Waals surface area contributed by atoms with E-state index in [1.54, 1.807) is 30.8 Å². The number of hydrogen-bond acceptors (Lipinski definition) is 3. The van der Waals surface area contributed by atoms with Crippen LogP contribution in [-0.2, 0) is 7.05 Å². The van der Waals surface area contributed by atoms with Gasteiger partial charge in [0.25, 0.3) is 5.56 Å². The normalized spacial score (nSPS) is 10.5. The molecule has 2 N–H and O–H groups in total. The molecule has 0 aliphatic carbocycles. The first-order chi connectivity index (χ1) is 12.9. The first-order valence-corrected chi connectivity index (χ1v) is 8.49. The second-order valence-electron chi connectivity index (χ2n) is 6.22. The Balaban J connectivity index is 1.90. The number of ether oxygens (including phenoxy) is 1. The van der Waals surface area contributed by atoms with E-state index in [4.69, 9.17) is 4.74 Å². The maximum Gasteiger partial charge on any atom is 0.323 e. The van der Waals surface area contributed by atoms with Crippen molar-refractivity contribution in [3.8, 4) is 11.4 Å². The van der Waals surface area contributed by atoms with Crippen LogP contribution in [0.2, 0.25) is 0 Å². The zero-order valence-electron chi connectivity index (χ0n) is 15.7. The Morgan fingerprint density at radius 2 is 1.74 bits per heavy atom. The van der Waals surface area contributed by atoms with Crippen LogP contribution in [-0.4, -0.2) is 22.5 Å². The molecule has 0 aliphatic rings. The first-order valence-electron chi connectivity index (χ1n) is 8.49. The number of aromatic nitrogens is 2. The topological polar surface area (TPSA) is 77.3 Å². The van der Waals surface area contributed by atoms with E-state index in [0.717, 1.165) is 11.3 Å². The molecule has 0 aliphatic heterocycles. The van der Waals surface area contributed by atoms with Gasteiger partial charge in [-0.25, -0.2) is 9.48 Å². The number of anilines is 2. The van der Waals surface area contributed by atoms with Gasteiger partial charge >= 0.3 is 6.03 Å². The van der Waals surface area contributed by atoms with Crippen molar-refractivity contribution < 1.29 is 9.53 Å². The Morgan fingerprint density at radius 1 is 1.04 bits per heavy atom. The fraction of sp³-hybridized carbons (Fsp3) is 0.200. The van der Waals surface area contributed by atoms with Gasteiger partial charge in [0.2, 0.25) is 0 Å². The molecule has 0 unspecified atom stereocenters. The number of para-hydroxylation sites is 1. The number of rotatable bonds is 4. The van der Waals surface area contributed by atoms with Gasteiger partial charge in [-0.15, -0.1) is 0 Å². The summed E-state index contributed by atoms with van der Waals surface area (Å²) in [7, 11) is 3.31. The van der Waals surface area contributed by atoms with Crippen LogP contribution >= 0.6 is 0 Å². The van der Waals surface area contributed by atoms with E-state index in [2.05, 4.69) is 10.6 Å². The van der Waals surface area contributed by atoms with E-state index in [1.165, 1.54) is 11.8 Å². The lowest BCUT2D eigenvalue weighted by molar-refractivity contribution is 0.262. The highest BCUT2D eigenvalue weighted by atomic mass is 16.5. The third kappa shape index (κ3) is 3.57. The van der Waals surface area contributed by atoms with Crippen molar-refractivity contribution in [1.29, 1.82) is 0 Å². The highest BCUT2D eigenvalue weighted by Gasteiger charge is 2.18. The second kappa shape index (κ2) is 7.41. The minimum Gasteiger partial charge on any atom is -0.495 e. The molecule has 0 bridgehead atoms. The molecule has 1 heterocycles. The van der Waals surface area contributed by atoms with Gasteiger partial charge in [0.1, 0.15) is 11.4 Å². The minimum atomic E-state index is -0.509. The molecule has 140 valence electrons. The standard InChI is InChI=1S/C20H22N4O3/c1-13-10-11-17(27-4)16(12-13)21-20(26)22-18-14(2)23(3)24(19(18)25)15-8-6-5-7-9-15/h5-12H,1-4H3,(H2,21,22,26). The van der Waals surface area contributed by atoms with E-state index in [9.17, 15) is 9.59 Å². The molecule has 7 nitrogen and oxygen atoms in total. The maximum atomic E-state index is 12.9. The van der Waals surface area contributed by atoms with Crippen LogP contribution in [0, 0.1) is 13.8 Å². The van der Waals surface area contributed by atoms with Crippen molar-refractivity contribution in [2.75, 3.05) is 17.7 Å². The van der Waals surface area contributed by atoms with Crippen molar-refractivity contribution >= 4 is 17.4 Å². The number of amides is 2. The van der Waals surface area contributed by atoms with E-state index in [-0.39, 0.29) is 11.2 Å². The summed E-state index contributed by atoms with van der Waals surface area (Å²) in [5.41, 5.74) is 2.82. The van der Waals surface area contributed by atoms with Gasteiger partial charge in [0.15, 0.2) is 0 Å². The zero-order chi connectivity index (χ0) is 19.6. The number of nitrogens with one attached hydrogen (secondary N) is 2. The summed E-state index contributed by atoms with van der Waals surface area (Å²) in [6, 6.07) is 14.2. The van der Waals surface area contributed by atoms with Gasteiger partial charge in [-0.3, -0.25) is 9.48 Å². The number of aryl methyl sites for hydroxylation is 1. The fourth-order valence-corrected chi connectivity index (χ4v) is 2.90. The highest BCUT2D eigenvalue weighted by Crippen LogP contribution is 2.25. The van der Waals surface area contributed by atoms with Gasteiger partial charge in [-0.05, 0) is 43.7 Å². The van der Waals surface area contributed by atoms with Gasteiger partial charge in [-0.1, -0.05) is 24.3 Å². The summed E-state index contributed by atoms with van der Waals surface area (Å²) in [4.78, 5) is 25.3. The lowest BCUT2D eigenvalue weighted by Gasteiger charge is -2.11. The number of nitrogens with zero attached hydrogens (tertiary/aromatic N) is 2. The smallest absolute Gasteiger partial charge is 0.323 e. The van der Waals surface area contributed by atoms with E-state index in [0.29, 0.717) is 17.1 Å². The van der Waals surface area contributed by atoms with Gasteiger partial charge in [-0.2, -0.15) is 0 Å². The first kappa shape index (κ1) is 18.3. The van der Waals surface area contributed by atoms with E-state index in [1.807, 2.05) is 43.3 Å². The molecule has 0 saturated carbocycles. The van der Waals surface area contributed by atoms with Crippen LogP contribution in [0.25, 0.3) is 5.69 Å². The fourth-order valence-electron chi connectivity index (χ4n) is 2.90. The average molecular weight is 366 g/mol. The summed E-state index contributed by atoms with van der Waals surface area (Å²) >= 11 is 0. The highest BCUT2D eigenvalue weighted by molar-refractivity contribution is 6.01. The molecule has 0 spiro atoms. The Hall–Kier alpha value is -3.48. The molecule has 2 aromatic carbocycles. The molecule has 0 atom stereocenters. The Labute approximate surface area is 157 Å². The molecule has 0 radical (unpaired) electrons. The van der Waals surface area contributed by atoms with Gasteiger partial charge < -0.3 is 15.4 Å². The molecule has 0 fully saturated rings. The van der Waals surface area contributed by atoms with Crippen LogP contribution < -0.4 is 20.9 Å². The van der Waals surface area contributed by atoms with Crippen molar-refractivity contribution in [2.24, 2.45) is 7.05 Å². The summed E-state index contributed by atoms with van der Waals surface area (Å²) in [5.74, 6) is 0.544. The lowest BCUT2D eigenvalue weighted by atomic mass is 10.2. The van der Waals surface area contributed by atoms with Crippen molar-refractivity contribution in [1.82, 2.24) is 9.36 Å². The zero-order valence-corrected chi connectivity index (χ0v) is 15.7. The molecule has 3 aromatic rings. The number of carbonyl (C=O) groups excluding carboxylic acids is 1. The monoisotopic (exact) mass is 366 g/mol. The van der Waals surface area contributed by atoms with Crippen LogP contribution in [0.1, 0.15) is 11.3 Å². The molecular formula is C20H22N4O3. The molecule has 2 amide bonds. The van der Waals surface area contributed by atoms with Gasteiger partial charge in [0, 0.05) is 7.05 Å². The predicted octanol–water partition coefficient (Wildman–Crippen LogP) is 3.45. The largest absolute Gasteiger partial charge is 0.495 e. The van der Waals surface area contributed by atoms with Crippen molar-refractivity contribution in [3.63, 3.8) is 0 Å². The SMILES string of the molecule is COc1ccc(C)cc1NC(=O)Nc1c(C)n(C)n(-c2ccccc2)c1=O. The third-order valence-corrected chi connectivity index (χ3v) is 4.40.